The van der Waals surface area contributed by atoms with Crippen molar-refractivity contribution in [2.45, 2.75) is 24.7 Å². The van der Waals surface area contributed by atoms with Crippen LogP contribution in [-0.2, 0) is 0 Å². The Labute approximate surface area is 192 Å². The highest BCUT2D eigenvalue weighted by Gasteiger charge is 2.43. The summed E-state index contributed by atoms with van der Waals surface area (Å²) >= 11 is 6.40. The van der Waals surface area contributed by atoms with Crippen LogP contribution in [0.15, 0.2) is 43.2 Å². The van der Waals surface area contributed by atoms with E-state index in [0.717, 1.165) is 5.56 Å². The normalized spacial score (nSPS) is 17.7. The predicted octanol–water partition coefficient (Wildman–Crippen LogP) is 4.56. The minimum absolute atomic E-state index is 0.225. The first-order chi connectivity index (χ1) is 15.0. The van der Waals surface area contributed by atoms with Crippen LogP contribution in [0.2, 0.25) is 5.02 Å². The Morgan fingerprint density at radius 2 is 1.97 bits per heavy atom. The van der Waals surface area contributed by atoms with Crippen molar-refractivity contribution >= 4 is 50.1 Å². The molecule has 0 aromatic heterocycles. The number of benzene rings is 2. The molecule has 32 heavy (non-hydrogen) atoms. The van der Waals surface area contributed by atoms with Crippen molar-refractivity contribution in [2.24, 2.45) is 0 Å². The Morgan fingerprint density at radius 3 is 2.56 bits per heavy atom. The van der Waals surface area contributed by atoms with Crippen LogP contribution < -0.4 is 20.4 Å². The fraction of sp³-hybridized carbons (Fsp3) is 0.273. The van der Waals surface area contributed by atoms with Crippen LogP contribution >= 0.6 is 11.6 Å². The third-order valence-electron chi connectivity index (χ3n) is 5.65. The summed E-state index contributed by atoms with van der Waals surface area (Å²) in [6, 6.07) is 5.31. The van der Waals surface area contributed by atoms with Crippen molar-refractivity contribution in [3.63, 3.8) is 0 Å². The fourth-order valence-electron chi connectivity index (χ4n) is 4.45. The van der Waals surface area contributed by atoms with E-state index < -0.39 is 30.2 Å². The maximum atomic E-state index is 14.1. The highest BCUT2D eigenvalue weighted by molar-refractivity contribution is 6.42. The number of hydrogen-bond acceptors (Lipinski definition) is 4. The van der Waals surface area contributed by atoms with Crippen LogP contribution in [0.3, 0.4) is 0 Å². The summed E-state index contributed by atoms with van der Waals surface area (Å²) in [4.78, 5) is 2.90. The maximum Gasteiger partial charge on any atom is 0.256 e. The topological polar surface area (TPSA) is 30.5 Å². The van der Waals surface area contributed by atoms with Gasteiger partial charge in [0.1, 0.15) is 11.6 Å². The average Bonchev–Trinajstić information content (AvgIpc) is 3.17. The van der Waals surface area contributed by atoms with Crippen molar-refractivity contribution in [3.8, 4) is 0 Å². The molecule has 4 nitrogen and oxygen atoms in total. The number of rotatable bonds is 5. The molecule has 2 aromatic rings. The standard InChI is InChI=1S/C22H20B2ClF3N4/c1-10-18-19(20(30-10)13-7-12(26)5-6-14(13)25)15(29-4)8-16-21(18)32(22(3,23)24)11(2)31(16)9-17(27)28/h5-8,17,20,29-30H,1-2,9H2,3-4H3. The summed E-state index contributed by atoms with van der Waals surface area (Å²) in [5, 5.41) is 5.30. The van der Waals surface area contributed by atoms with E-state index in [1.165, 1.54) is 28.0 Å². The van der Waals surface area contributed by atoms with E-state index >= 15 is 0 Å². The number of nitrogens with one attached hydrogen (secondary N) is 2. The second-order valence-corrected chi connectivity index (χ2v) is 8.44. The van der Waals surface area contributed by atoms with E-state index in [0.29, 0.717) is 38.9 Å². The molecular weight excluding hydrogens is 434 g/mol. The van der Waals surface area contributed by atoms with E-state index in [1.54, 1.807) is 20.0 Å². The molecule has 2 N–H and O–H groups in total. The lowest BCUT2D eigenvalue weighted by Crippen LogP contribution is -2.48. The van der Waals surface area contributed by atoms with Crippen LogP contribution in [0.1, 0.15) is 29.7 Å². The molecule has 4 radical (unpaired) electrons. The lowest BCUT2D eigenvalue weighted by molar-refractivity contribution is 0.157. The second-order valence-electron chi connectivity index (χ2n) is 8.03. The Balaban J connectivity index is 2.02. The van der Waals surface area contributed by atoms with Gasteiger partial charge in [-0.05, 0) is 29.6 Å². The zero-order chi connectivity index (χ0) is 23.5. The first kappa shape index (κ1) is 22.5. The van der Waals surface area contributed by atoms with E-state index in [9.17, 15) is 13.2 Å². The number of hydrogen-bond donors (Lipinski definition) is 2. The molecular formula is C22H20B2ClF3N4. The molecule has 0 amide bonds. The zero-order valence-corrected chi connectivity index (χ0v) is 18.4. The average molecular weight is 455 g/mol. The first-order valence-electron chi connectivity index (χ1n) is 9.87. The van der Waals surface area contributed by atoms with Crippen LogP contribution in [0.25, 0.3) is 5.70 Å². The van der Waals surface area contributed by atoms with E-state index in [1.807, 2.05) is 0 Å². The first-order valence-corrected chi connectivity index (χ1v) is 10.3. The van der Waals surface area contributed by atoms with Crippen molar-refractivity contribution in [2.75, 3.05) is 28.7 Å². The van der Waals surface area contributed by atoms with Gasteiger partial charge in [0, 0.05) is 40.1 Å². The van der Waals surface area contributed by atoms with Crippen LogP contribution in [0.5, 0.6) is 0 Å². The monoisotopic (exact) mass is 454 g/mol. The number of fused-ring (bicyclic) bond motifs is 3. The number of halogens is 4. The minimum Gasteiger partial charge on any atom is -0.388 e. The van der Waals surface area contributed by atoms with Gasteiger partial charge in [-0.25, -0.2) is 13.2 Å². The number of alkyl halides is 2. The highest BCUT2D eigenvalue weighted by atomic mass is 35.5. The maximum absolute atomic E-state index is 14.1. The van der Waals surface area contributed by atoms with E-state index in [-0.39, 0.29) is 5.82 Å². The smallest absolute Gasteiger partial charge is 0.256 e. The summed E-state index contributed by atoms with van der Waals surface area (Å²) in [6.45, 7) is 9.07. The molecule has 1 atom stereocenters. The number of anilines is 3. The van der Waals surface area contributed by atoms with Crippen molar-refractivity contribution < 1.29 is 13.2 Å². The Hall–Kier alpha value is -2.67. The molecule has 2 heterocycles. The third-order valence-corrected chi connectivity index (χ3v) is 6.00. The molecule has 0 spiro atoms. The largest absolute Gasteiger partial charge is 0.388 e. The van der Waals surface area contributed by atoms with Gasteiger partial charge in [0.05, 0.1) is 39.7 Å². The van der Waals surface area contributed by atoms with Gasteiger partial charge in [0.2, 0.25) is 0 Å². The van der Waals surface area contributed by atoms with Crippen LogP contribution in [0.4, 0.5) is 30.2 Å². The Morgan fingerprint density at radius 1 is 1.28 bits per heavy atom. The van der Waals surface area contributed by atoms with Gasteiger partial charge in [-0.3, -0.25) is 0 Å². The van der Waals surface area contributed by atoms with Crippen LogP contribution in [-0.4, -0.2) is 41.0 Å². The third kappa shape index (κ3) is 3.43. The second kappa shape index (κ2) is 7.73. The SMILES string of the molecule is [B]C([B])(C)N1C(=C)N(CC(F)F)c2cc(NC)c3c(c21)C(=C)NC3c1cc(F)ccc1Cl. The molecule has 0 fully saturated rings. The fourth-order valence-corrected chi connectivity index (χ4v) is 4.68. The van der Waals surface area contributed by atoms with Gasteiger partial charge in [0.15, 0.2) is 0 Å². The van der Waals surface area contributed by atoms with E-state index in [2.05, 4.69) is 23.8 Å². The van der Waals surface area contributed by atoms with Crippen molar-refractivity contribution in [1.29, 1.82) is 0 Å². The van der Waals surface area contributed by atoms with E-state index in [4.69, 9.17) is 27.3 Å². The molecule has 162 valence electrons. The molecule has 0 saturated heterocycles. The molecule has 0 bridgehead atoms. The molecule has 1 unspecified atom stereocenters. The molecule has 0 saturated carbocycles. The molecule has 2 aliphatic rings. The van der Waals surface area contributed by atoms with Crippen LogP contribution in [0, 0.1) is 5.82 Å². The van der Waals surface area contributed by atoms with Gasteiger partial charge < -0.3 is 20.4 Å². The zero-order valence-electron chi connectivity index (χ0n) is 17.6. The van der Waals surface area contributed by atoms with Crippen molar-refractivity contribution in [3.05, 3.63) is 70.8 Å². The minimum atomic E-state index is -2.62. The van der Waals surface area contributed by atoms with Gasteiger partial charge in [0.25, 0.3) is 6.43 Å². The predicted molar refractivity (Wildman–Crippen MR) is 126 cm³/mol. The number of nitrogens with zero attached hydrogens (tertiary/aromatic N) is 2. The summed E-state index contributed by atoms with van der Waals surface area (Å²) in [5.41, 5.74) is 3.97. The van der Waals surface area contributed by atoms with Gasteiger partial charge in [-0.1, -0.05) is 31.7 Å². The van der Waals surface area contributed by atoms with Gasteiger partial charge >= 0.3 is 0 Å². The quantitative estimate of drug-likeness (QED) is 0.649. The molecule has 4 rings (SSSR count). The van der Waals surface area contributed by atoms with Crippen molar-refractivity contribution in [1.82, 2.24) is 5.32 Å². The summed E-state index contributed by atoms with van der Waals surface area (Å²) in [7, 11) is 14.2. The Kier molecular flexibility index (Phi) is 5.44. The van der Waals surface area contributed by atoms with Gasteiger partial charge in [-0.2, -0.15) is 0 Å². The molecule has 2 aliphatic heterocycles. The summed E-state index contributed by atoms with van der Waals surface area (Å²) in [6.07, 6.45) is -2.62. The lowest BCUT2D eigenvalue weighted by atomic mass is 9.62. The van der Waals surface area contributed by atoms with Gasteiger partial charge in [-0.15, -0.1) is 0 Å². The Bertz CT molecular complexity index is 1130. The summed E-state index contributed by atoms with van der Waals surface area (Å²) < 4.78 is 40.9. The lowest BCUT2D eigenvalue weighted by Gasteiger charge is -2.37. The molecule has 0 aliphatic carbocycles. The molecule has 2 aromatic carbocycles. The molecule has 10 heteroatoms. The highest BCUT2D eigenvalue weighted by Crippen LogP contribution is 2.55. The summed E-state index contributed by atoms with van der Waals surface area (Å²) in [5.74, 6) is -0.213.